The van der Waals surface area contributed by atoms with E-state index >= 15 is 0 Å². The Morgan fingerprint density at radius 1 is 1.80 bits per heavy atom. The van der Waals surface area contributed by atoms with E-state index in [-0.39, 0.29) is 0 Å². The summed E-state index contributed by atoms with van der Waals surface area (Å²) in [5, 5.41) is 0. The molecule has 0 atom stereocenters. The Bertz CT molecular complexity index is 222. The van der Waals surface area contributed by atoms with Crippen LogP contribution in [0.4, 0.5) is 0 Å². The van der Waals surface area contributed by atoms with Crippen LogP contribution in [-0.2, 0) is 6.54 Å². The van der Waals surface area contributed by atoms with Gasteiger partial charge in [-0.1, -0.05) is 0 Å². The number of aryl methyl sites for hydroxylation is 1. The van der Waals surface area contributed by atoms with Crippen LogP contribution in [0.3, 0.4) is 0 Å². The van der Waals surface area contributed by atoms with Crippen molar-refractivity contribution in [3.05, 3.63) is 20.3 Å². The largest absolute Gasteiger partial charge is 0.271 e. The Labute approximate surface area is 72.5 Å². The molecule has 0 radical (unpaired) electrons. The van der Waals surface area contributed by atoms with Crippen molar-refractivity contribution in [2.75, 3.05) is 0 Å². The molecule has 4 heteroatoms. The summed E-state index contributed by atoms with van der Waals surface area (Å²) in [4.78, 5) is 2.55. The average molecular weight is 221 g/mol. The van der Waals surface area contributed by atoms with Gasteiger partial charge < -0.3 is 0 Å². The molecular formula is C6H9BrN2S. The maximum Gasteiger partial charge on any atom is 0.0454 e. The molecule has 0 amide bonds. The molecule has 0 aliphatic rings. The Morgan fingerprint density at radius 3 is 2.90 bits per heavy atom. The highest BCUT2D eigenvalue weighted by Crippen LogP contribution is 2.26. The third kappa shape index (κ3) is 1.79. The summed E-state index contributed by atoms with van der Waals surface area (Å²) in [5.41, 5.74) is 2.62. The fourth-order valence-corrected chi connectivity index (χ4v) is 2.50. The van der Waals surface area contributed by atoms with E-state index < -0.39 is 0 Å². The lowest BCUT2D eigenvalue weighted by Crippen LogP contribution is -2.20. The molecular weight excluding hydrogens is 212 g/mol. The van der Waals surface area contributed by atoms with Crippen molar-refractivity contribution in [3.8, 4) is 0 Å². The Morgan fingerprint density at radius 2 is 2.50 bits per heavy atom. The van der Waals surface area contributed by atoms with E-state index in [2.05, 4.69) is 34.3 Å². The number of hydrogen-bond donors (Lipinski definition) is 2. The number of halogens is 1. The van der Waals surface area contributed by atoms with Crippen LogP contribution in [0, 0.1) is 6.92 Å². The lowest BCUT2D eigenvalue weighted by Gasteiger charge is -1.93. The van der Waals surface area contributed by atoms with Crippen LogP contribution >= 0.6 is 27.3 Å². The van der Waals surface area contributed by atoms with E-state index in [0.717, 1.165) is 11.0 Å². The summed E-state index contributed by atoms with van der Waals surface area (Å²) in [6, 6.07) is 2.09. The Balaban J connectivity index is 2.81. The van der Waals surface area contributed by atoms with Crippen LogP contribution in [0.25, 0.3) is 0 Å². The van der Waals surface area contributed by atoms with Crippen molar-refractivity contribution in [2.45, 2.75) is 13.5 Å². The van der Waals surface area contributed by atoms with E-state index in [1.807, 2.05) is 0 Å². The molecule has 1 aromatic rings. The summed E-state index contributed by atoms with van der Waals surface area (Å²) in [5.74, 6) is 5.17. The normalized spacial score (nSPS) is 10.3. The number of nitrogens with one attached hydrogen (secondary N) is 1. The van der Waals surface area contributed by atoms with Gasteiger partial charge in [0.25, 0.3) is 0 Å². The molecule has 2 nitrogen and oxygen atoms in total. The predicted octanol–water partition coefficient (Wildman–Crippen LogP) is 1.78. The van der Waals surface area contributed by atoms with Gasteiger partial charge in [0, 0.05) is 20.8 Å². The molecule has 10 heavy (non-hydrogen) atoms. The van der Waals surface area contributed by atoms with Gasteiger partial charge in [-0.2, -0.15) is 0 Å². The molecule has 0 fully saturated rings. The number of hydrazine groups is 1. The molecule has 0 unspecified atom stereocenters. The van der Waals surface area contributed by atoms with E-state index in [1.54, 1.807) is 11.3 Å². The van der Waals surface area contributed by atoms with E-state index in [1.165, 1.54) is 9.75 Å². The first-order valence-electron chi connectivity index (χ1n) is 2.92. The second kappa shape index (κ2) is 3.48. The van der Waals surface area contributed by atoms with Gasteiger partial charge in [-0.25, -0.2) is 0 Å². The Hall–Kier alpha value is 0.1000. The summed E-state index contributed by atoms with van der Waals surface area (Å²) in [6.07, 6.45) is 0. The molecule has 1 aromatic heterocycles. The first-order chi connectivity index (χ1) is 4.74. The lowest BCUT2D eigenvalue weighted by molar-refractivity contribution is 0.749. The van der Waals surface area contributed by atoms with Crippen LogP contribution in [0.5, 0.6) is 0 Å². The predicted molar refractivity (Wildman–Crippen MR) is 47.8 cm³/mol. The molecule has 0 aliphatic heterocycles. The van der Waals surface area contributed by atoms with Crippen LogP contribution in [0.2, 0.25) is 0 Å². The van der Waals surface area contributed by atoms with Crippen LogP contribution in [0.15, 0.2) is 10.5 Å². The Kier molecular flexibility index (Phi) is 2.85. The fraction of sp³-hybridized carbons (Fsp3) is 0.333. The van der Waals surface area contributed by atoms with E-state index in [4.69, 9.17) is 5.84 Å². The number of rotatable bonds is 2. The zero-order valence-electron chi connectivity index (χ0n) is 5.65. The highest BCUT2D eigenvalue weighted by Gasteiger charge is 2.01. The molecule has 0 aromatic carbocycles. The molecule has 0 saturated carbocycles. The minimum absolute atomic E-state index is 0.735. The fourth-order valence-electron chi connectivity index (χ4n) is 0.745. The van der Waals surface area contributed by atoms with Crippen molar-refractivity contribution >= 4 is 27.3 Å². The third-order valence-electron chi connectivity index (χ3n) is 1.14. The minimum Gasteiger partial charge on any atom is -0.271 e. The van der Waals surface area contributed by atoms with Crippen molar-refractivity contribution in [1.29, 1.82) is 0 Å². The summed E-state index contributed by atoms with van der Waals surface area (Å²) < 4.78 is 1.15. The monoisotopic (exact) mass is 220 g/mol. The van der Waals surface area contributed by atoms with Crippen molar-refractivity contribution in [2.24, 2.45) is 5.84 Å². The first-order valence-corrected chi connectivity index (χ1v) is 4.53. The molecule has 0 spiro atoms. The highest BCUT2D eigenvalue weighted by molar-refractivity contribution is 9.10. The van der Waals surface area contributed by atoms with Crippen molar-refractivity contribution in [1.82, 2.24) is 5.43 Å². The first kappa shape index (κ1) is 8.20. The molecule has 3 N–H and O–H groups in total. The highest BCUT2D eigenvalue weighted by atomic mass is 79.9. The smallest absolute Gasteiger partial charge is 0.0454 e. The number of hydrogen-bond acceptors (Lipinski definition) is 3. The molecule has 56 valence electrons. The molecule has 1 heterocycles. The summed E-state index contributed by atoms with van der Waals surface area (Å²) in [6.45, 7) is 2.81. The van der Waals surface area contributed by atoms with Gasteiger partial charge in [0.1, 0.15) is 0 Å². The van der Waals surface area contributed by atoms with Crippen LogP contribution in [-0.4, -0.2) is 0 Å². The SMILES string of the molecule is Cc1cc(Br)c(CNN)s1. The molecule has 0 saturated heterocycles. The minimum atomic E-state index is 0.735. The van der Waals surface area contributed by atoms with Crippen molar-refractivity contribution in [3.63, 3.8) is 0 Å². The van der Waals surface area contributed by atoms with Crippen molar-refractivity contribution < 1.29 is 0 Å². The van der Waals surface area contributed by atoms with Crippen LogP contribution < -0.4 is 11.3 Å². The molecule has 1 rings (SSSR count). The van der Waals surface area contributed by atoms with Crippen LogP contribution in [0.1, 0.15) is 9.75 Å². The molecule has 0 bridgehead atoms. The van der Waals surface area contributed by atoms with E-state index in [0.29, 0.717) is 0 Å². The summed E-state index contributed by atoms with van der Waals surface area (Å²) in [7, 11) is 0. The number of thiophene rings is 1. The van der Waals surface area contributed by atoms with Gasteiger partial charge in [-0.15, -0.1) is 11.3 Å². The topological polar surface area (TPSA) is 38.0 Å². The lowest BCUT2D eigenvalue weighted by atomic mass is 10.4. The van der Waals surface area contributed by atoms with E-state index in [9.17, 15) is 0 Å². The quantitative estimate of drug-likeness (QED) is 0.590. The van der Waals surface area contributed by atoms with Gasteiger partial charge in [0.2, 0.25) is 0 Å². The van der Waals surface area contributed by atoms with Gasteiger partial charge in [-0.3, -0.25) is 11.3 Å². The van der Waals surface area contributed by atoms with Gasteiger partial charge in [0.15, 0.2) is 0 Å². The standard InChI is InChI=1S/C6H9BrN2S/c1-4-2-5(7)6(10-4)3-9-8/h2,9H,3,8H2,1H3. The zero-order valence-corrected chi connectivity index (χ0v) is 8.05. The van der Waals surface area contributed by atoms with Gasteiger partial charge in [0.05, 0.1) is 0 Å². The molecule has 0 aliphatic carbocycles. The maximum atomic E-state index is 5.17. The van der Waals surface area contributed by atoms with Gasteiger partial charge in [-0.05, 0) is 28.9 Å². The van der Waals surface area contributed by atoms with Gasteiger partial charge >= 0.3 is 0 Å². The zero-order chi connectivity index (χ0) is 7.56. The maximum absolute atomic E-state index is 5.17. The average Bonchev–Trinajstić information content (AvgIpc) is 2.13. The second-order valence-corrected chi connectivity index (χ2v) is 4.20. The second-order valence-electron chi connectivity index (χ2n) is 2.01. The summed E-state index contributed by atoms with van der Waals surface area (Å²) >= 11 is 5.18. The number of nitrogens with two attached hydrogens (primary N) is 1. The third-order valence-corrected chi connectivity index (χ3v) is 3.16.